The molecule has 0 aliphatic heterocycles. The molecule has 0 aliphatic rings. The van der Waals surface area contributed by atoms with Crippen LogP contribution in [0, 0.1) is 12.7 Å². The van der Waals surface area contributed by atoms with Crippen molar-refractivity contribution in [2.75, 3.05) is 16.2 Å². The topological polar surface area (TPSA) is 75.7 Å². The molecule has 36 heavy (non-hydrogen) atoms. The number of hydrogen-bond acceptors (Lipinski definition) is 4. The molecule has 0 radical (unpaired) electrons. The summed E-state index contributed by atoms with van der Waals surface area (Å²) in [5.41, 5.74) is 1.41. The standard InChI is InChI=1S/C27H22ClFN2O4S/c1-19-7-14-24(15-8-19)36(33,34)31(18-27(32)30-20-9-16-26(29)25(28)17-20)21-10-12-23(13-11-21)35-22-5-3-2-4-6-22/h2-17H,18H2,1H3,(H,30,32). The molecule has 6 nitrogen and oxygen atoms in total. The van der Waals surface area contributed by atoms with E-state index in [1.54, 1.807) is 48.5 Å². The van der Waals surface area contributed by atoms with Crippen LogP contribution in [0.1, 0.15) is 5.56 Å². The quantitative estimate of drug-likeness (QED) is 0.289. The van der Waals surface area contributed by atoms with E-state index in [9.17, 15) is 17.6 Å². The maximum atomic E-state index is 13.6. The Morgan fingerprint density at radius 2 is 1.56 bits per heavy atom. The highest BCUT2D eigenvalue weighted by molar-refractivity contribution is 7.92. The van der Waals surface area contributed by atoms with Gasteiger partial charge in [-0.15, -0.1) is 0 Å². The molecule has 4 aromatic carbocycles. The number of halogens is 2. The summed E-state index contributed by atoms with van der Waals surface area (Å²) < 4.78 is 47.4. The average Bonchev–Trinajstić information content (AvgIpc) is 2.86. The number of carbonyl (C=O) groups is 1. The first kappa shape index (κ1) is 25.2. The predicted octanol–water partition coefficient (Wildman–Crippen LogP) is 6.41. The summed E-state index contributed by atoms with van der Waals surface area (Å²) in [7, 11) is -4.10. The molecular weight excluding hydrogens is 503 g/mol. The molecule has 9 heteroatoms. The van der Waals surface area contributed by atoms with Gasteiger partial charge in [-0.1, -0.05) is 47.5 Å². The zero-order chi connectivity index (χ0) is 25.7. The molecule has 0 atom stereocenters. The molecule has 0 heterocycles. The largest absolute Gasteiger partial charge is 0.457 e. The Morgan fingerprint density at radius 3 is 2.19 bits per heavy atom. The minimum Gasteiger partial charge on any atom is -0.457 e. The summed E-state index contributed by atoms with van der Waals surface area (Å²) >= 11 is 5.79. The van der Waals surface area contributed by atoms with Gasteiger partial charge >= 0.3 is 0 Å². The average molecular weight is 525 g/mol. The zero-order valence-corrected chi connectivity index (χ0v) is 20.8. The Hall–Kier alpha value is -3.88. The minimum absolute atomic E-state index is 0.0374. The van der Waals surface area contributed by atoms with E-state index in [0.717, 1.165) is 15.9 Å². The molecule has 0 aliphatic carbocycles. The van der Waals surface area contributed by atoms with Crippen LogP contribution < -0.4 is 14.4 Å². The second kappa shape index (κ2) is 10.8. The van der Waals surface area contributed by atoms with E-state index in [2.05, 4.69) is 5.32 Å². The van der Waals surface area contributed by atoms with Gasteiger partial charge in [0.1, 0.15) is 23.9 Å². The highest BCUT2D eigenvalue weighted by atomic mass is 35.5. The second-order valence-electron chi connectivity index (χ2n) is 7.91. The zero-order valence-electron chi connectivity index (χ0n) is 19.2. The molecule has 184 valence electrons. The van der Waals surface area contributed by atoms with Gasteiger partial charge in [-0.05, 0) is 73.7 Å². The Morgan fingerprint density at radius 1 is 0.917 bits per heavy atom. The van der Waals surface area contributed by atoms with Crippen LogP contribution in [-0.4, -0.2) is 20.9 Å². The predicted molar refractivity (Wildman–Crippen MR) is 139 cm³/mol. The molecule has 0 unspecified atom stereocenters. The van der Waals surface area contributed by atoms with Gasteiger partial charge in [0.05, 0.1) is 15.6 Å². The SMILES string of the molecule is Cc1ccc(S(=O)(=O)N(CC(=O)Nc2ccc(F)c(Cl)c2)c2ccc(Oc3ccccc3)cc2)cc1. The van der Waals surface area contributed by atoms with E-state index in [-0.39, 0.29) is 21.3 Å². The van der Waals surface area contributed by atoms with Gasteiger partial charge in [-0.3, -0.25) is 9.10 Å². The van der Waals surface area contributed by atoms with Gasteiger partial charge < -0.3 is 10.1 Å². The molecule has 1 amide bonds. The fraction of sp³-hybridized carbons (Fsp3) is 0.0741. The number of nitrogens with one attached hydrogen (secondary N) is 1. The third-order valence-electron chi connectivity index (χ3n) is 5.20. The number of rotatable bonds is 8. The Balaban J connectivity index is 1.62. The number of para-hydroxylation sites is 1. The highest BCUT2D eigenvalue weighted by Crippen LogP contribution is 2.28. The van der Waals surface area contributed by atoms with Crippen molar-refractivity contribution in [2.24, 2.45) is 0 Å². The fourth-order valence-electron chi connectivity index (χ4n) is 3.36. The van der Waals surface area contributed by atoms with Crippen LogP contribution in [0.5, 0.6) is 11.5 Å². The summed E-state index contributed by atoms with van der Waals surface area (Å²) in [6, 6.07) is 25.6. The molecule has 0 fully saturated rings. The van der Waals surface area contributed by atoms with Crippen LogP contribution in [0.3, 0.4) is 0 Å². The molecule has 0 saturated heterocycles. The van der Waals surface area contributed by atoms with Gasteiger partial charge in [0, 0.05) is 5.69 Å². The molecular formula is C27H22ClFN2O4S. The first-order valence-electron chi connectivity index (χ1n) is 10.9. The van der Waals surface area contributed by atoms with Crippen molar-refractivity contribution in [2.45, 2.75) is 11.8 Å². The number of sulfonamides is 1. The highest BCUT2D eigenvalue weighted by Gasteiger charge is 2.27. The van der Waals surface area contributed by atoms with E-state index in [4.69, 9.17) is 16.3 Å². The number of nitrogens with zero attached hydrogens (tertiary/aromatic N) is 1. The van der Waals surface area contributed by atoms with Gasteiger partial charge in [0.25, 0.3) is 10.0 Å². The van der Waals surface area contributed by atoms with Gasteiger partial charge in [-0.2, -0.15) is 0 Å². The first-order chi connectivity index (χ1) is 17.2. The van der Waals surface area contributed by atoms with Gasteiger partial charge in [-0.25, -0.2) is 12.8 Å². The van der Waals surface area contributed by atoms with Crippen molar-refractivity contribution >= 4 is 38.9 Å². The van der Waals surface area contributed by atoms with Crippen molar-refractivity contribution in [1.29, 1.82) is 0 Å². The Kier molecular flexibility index (Phi) is 7.57. The van der Waals surface area contributed by atoms with E-state index < -0.39 is 28.3 Å². The lowest BCUT2D eigenvalue weighted by molar-refractivity contribution is -0.114. The number of hydrogen-bond donors (Lipinski definition) is 1. The number of carbonyl (C=O) groups excluding carboxylic acids is 1. The van der Waals surface area contributed by atoms with Crippen LogP contribution in [0.4, 0.5) is 15.8 Å². The number of benzene rings is 4. The third kappa shape index (κ3) is 6.02. The fourth-order valence-corrected chi connectivity index (χ4v) is 4.96. The molecule has 0 bridgehead atoms. The van der Waals surface area contributed by atoms with Crippen LogP contribution in [0.25, 0.3) is 0 Å². The number of ether oxygens (including phenoxy) is 1. The van der Waals surface area contributed by atoms with Gasteiger partial charge in [0.15, 0.2) is 0 Å². The first-order valence-corrected chi connectivity index (χ1v) is 12.7. The molecule has 4 aromatic rings. The minimum atomic E-state index is -4.10. The van der Waals surface area contributed by atoms with Crippen molar-refractivity contribution < 1.29 is 22.3 Å². The summed E-state index contributed by atoms with van der Waals surface area (Å²) in [6.45, 7) is 1.32. The lowest BCUT2D eigenvalue weighted by Gasteiger charge is -2.24. The second-order valence-corrected chi connectivity index (χ2v) is 10.2. The van der Waals surface area contributed by atoms with Crippen molar-refractivity contribution in [3.05, 3.63) is 113 Å². The van der Waals surface area contributed by atoms with E-state index in [0.29, 0.717) is 11.5 Å². The monoisotopic (exact) mass is 524 g/mol. The van der Waals surface area contributed by atoms with Crippen LogP contribution in [0.2, 0.25) is 5.02 Å². The maximum absolute atomic E-state index is 13.6. The third-order valence-corrected chi connectivity index (χ3v) is 7.28. The van der Waals surface area contributed by atoms with Crippen molar-refractivity contribution in [3.63, 3.8) is 0 Å². The molecule has 1 N–H and O–H groups in total. The summed E-state index contributed by atoms with van der Waals surface area (Å²) in [5, 5.41) is 2.40. The Labute approximate surface area is 214 Å². The molecule has 4 rings (SSSR count). The van der Waals surface area contributed by atoms with Gasteiger partial charge in [0.2, 0.25) is 5.91 Å². The molecule has 0 spiro atoms. The maximum Gasteiger partial charge on any atom is 0.264 e. The normalized spacial score (nSPS) is 11.1. The van der Waals surface area contributed by atoms with Crippen LogP contribution >= 0.6 is 11.6 Å². The molecule has 0 aromatic heterocycles. The van der Waals surface area contributed by atoms with Crippen LogP contribution in [0.15, 0.2) is 102 Å². The summed E-state index contributed by atoms with van der Waals surface area (Å²) in [6.07, 6.45) is 0. The van der Waals surface area contributed by atoms with Crippen molar-refractivity contribution in [1.82, 2.24) is 0 Å². The molecule has 0 saturated carbocycles. The number of anilines is 2. The lowest BCUT2D eigenvalue weighted by atomic mass is 10.2. The van der Waals surface area contributed by atoms with E-state index in [1.807, 2.05) is 25.1 Å². The summed E-state index contributed by atoms with van der Waals surface area (Å²) in [4.78, 5) is 12.9. The summed E-state index contributed by atoms with van der Waals surface area (Å²) in [5.74, 6) is -0.121. The number of aryl methyl sites for hydroxylation is 1. The lowest BCUT2D eigenvalue weighted by Crippen LogP contribution is -2.38. The van der Waals surface area contributed by atoms with E-state index in [1.165, 1.54) is 24.3 Å². The number of amides is 1. The smallest absolute Gasteiger partial charge is 0.264 e. The Bertz CT molecular complexity index is 1460. The van der Waals surface area contributed by atoms with Crippen LogP contribution in [-0.2, 0) is 14.8 Å². The van der Waals surface area contributed by atoms with E-state index >= 15 is 0 Å². The van der Waals surface area contributed by atoms with Crippen molar-refractivity contribution in [3.8, 4) is 11.5 Å².